The molecule has 0 atom stereocenters. The molecule has 0 unspecified atom stereocenters. The van der Waals surface area contributed by atoms with Gasteiger partial charge in [0.2, 0.25) is 5.88 Å². The largest absolute Gasteiger partial charge is 0.492 e. The van der Waals surface area contributed by atoms with Gasteiger partial charge in [-0.15, -0.1) is 0 Å². The van der Waals surface area contributed by atoms with E-state index in [2.05, 4.69) is 32.8 Å². The Labute approximate surface area is 125 Å². The lowest BCUT2D eigenvalue weighted by atomic mass is 9.95. The van der Waals surface area contributed by atoms with Crippen LogP contribution in [0.25, 0.3) is 0 Å². The topological polar surface area (TPSA) is 44.2 Å². The molecule has 20 heavy (non-hydrogen) atoms. The Bertz CT molecular complexity index is 681. The van der Waals surface area contributed by atoms with E-state index in [-0.39, 0.29) is 5.41 Å². The van der Waals surface area contributed by atoms with E-state index in [0.717, 1.165) is 23.7 Å². The second-order valence-electron chi connectivity index (χ2n) is 5.43. The molecule has 0 N–H and O–H groups in total. The SMILES string of the molecule is Cc1ccc(Oc2cnc(Br)cn2)c2c1OCC21CC1. The van der Waals surface area contributed by atoms with E-state index in [1.54, 1.807) is 12.4 Å². The Morgan fingerprint density at radius 3 is 2.80 bits per heavy atom. The average Bonchev–Trinajstić information content (AvgIpc) is 3.11. The van der Waals surface area contributed by atoms with Crippen LogP contribution < -0.4 is 9.47 Å². The number of benzene rings is 1. The van der Waals surface area contributed by atoms with Crippen molar-refractivity contribution in [3.05, 3.63) is 40.3 Å². The summed E-state index contributed by atoms with van der Waals surface area (Å²) in [5, 5.41) is 0. The van der Waals surface area contributed by atoms with E-state index in [9.17, 15) is 0 Å². The molecule has 1 aromatic heterocycles. The molecule has 102 valence electrons. The molecule has 2 aliphatic rings. The fourth-order valence-corrected chi connectivity index (χ4v) is 2.94. The highest BCUT2D eigenvalue weighted by molar-refractivity contribution is 9.10. The first-order chi connectivity index (χ1) is 9.68. The van der Waals surface area contributed by atoms with Crippen molar-refractivity contribution in [3.8, 4) is 17.4 Å². The van der Waals surface area contributed by atoms with Crippen molar-refractivity contribution in [2.45, 2.75) is 25.2 Å². The van der Waals surface area contributed by atoms with Crippen molar-refractivity contribution in [3.63, 3.8) is 0 Å². The molecule has 0 bridgehead atoms. The molecule has 4 rings (SSSR count). The van der Waals surface area contributed by atoms with Crippen LogP contribution in [0, 0.1) is 6.92 Å². The fourth-order valence-electron chi connectivity index (χ4n) is 2.74. The van der Waals surface area contributed by atoms with Gasteiger partial charge in [0.1, 0.15) is 16.1 Å². The van der Waals surface area contributed by atoms with Gasteiger partial charge < -0.3 is 9.47 Å². The average molecular weight is 333 g/mol. The number of aryl methyl sites for hydroxylation is 1. The van der Waals surface area contributed by atoms with E-state index in [4.69, 9.17) is 9.47 Å². The molecule has 1 aliphatic carbocycles. The number of ether oxygens (including phenoxy) is 2. The first-order valence-corrected chi connectivity index (χ1v) is 7.40. The zero-order chi connectivity index (χ0) is 13.7. The third kappa shape index (κ3) is 1.80. The molecule has 0 amide bonds. The van der Waals surface area contributed by atoms with Gasteiger partial charge in [0.15, 0.2) is 0 Å². The zero-order valence-corrected chi connectivity index (χ0v) is 12.6. The summed E-state index contributed by atoms with van der Waals surface area (Å²) in [6, 6.07) is 4.04. The van der Waals surface area contributed by atoms with Crippen LogP contribution in [0.1, 0.15) is 24.0 Å². The van der Waals surface area contributed by atoms with E-state index in [0.29, 0.717) is 10.5 Å². The molecule has 5 heteroatoms. The van der Waals surface area contributed by atoms with Gasteiger partial charge in [-0.25, -0.2) is 9.97 Å². The normalized spacial score (nSPS) is 17.7. The van der Waals surface area contributed by atoms with Crippen LogP contribution in [0.15, 0.2) is 29.1 Å². The second-order valence-corrected chi connectivity index (χ2v) is 6.25. The predicted molar refractivity (Wildman–Crippen MR) is 77.4 cm³/mol. The molecule has 0 saturated heterocycles. The molecule has 2 heterocycles. The van der Waals surface area contributed by atoms with Crippen molar-refractivity contribution in [2.24, 2.45) is 0 Å². The highest BCUT2D eigenvalue weighted by atomic mass is 79.9. The summed E-state index contributed by atoms with van der Waals surface area (Å²) < 4.78 is 12.5. The number of nitrogens with zero attached hydrogens (tertiary/aromatic N) is 2. The Kier molecular flexibility index (Phi) is 2.54. The molecule has 1 fully saturated rings. The Morgan fingerprint density at radius 1 is 1.25 bits per heavy atom. The van der Waals surface area contributed by atoms with Gasteiger partial charge in [0.05, 0.1) is 19.0 Å². The second kappa shape index (κ2) is 4.19. The fraction of sp³-hybridized carbons (Fsp3) is 0.333. The lowest BCUT2D eigenvalue weighted by molar-refractivity contribution is 0.322. The summed E-state index contributed by atoms with van der Waals surface area (Å²) in [5.41, 5.74) is 2.56. The maximum absolute atomic E-state index is 5.93. The van der Waals surface area contributed by atoms with Crippen LogP contribution in [-0.4, -0.2) is 16.6 Å². The third-order valence-corrected chi connectivity index (χ3v) is 4.41. The molecular weight excluding hydrogens is 320 g/mol. The number of hydrogen-bond acceptors (Lipinski definition) is 4. The number of hydrogen-bond donors (Lipinski definition) is 0. The van der Waals surface area contributed by atoms with Crippen molar-refractivity contribution in [2.75, 3.05) is 6.61 Å². The Hall–Kier alpha value is -1.62. The van der Waals surface area contributed by atoms with Crippen LogP contribution in [0.4, 0.5) is 0 Å². The van der Waals surface area contributed by atoms with Crippen molar-refractivity contribution >= 4 is 15.9 Å². The number of halogens is 1. The van der Waals surface area contributed by atoms with Crippen LogP contribution >= 0.6 is 15.9 Å². The van der Waals surface area contributed by atoms with Gasteiger partial charge in [-0.3, -0.25) is 0 Å². The van der Waals surface area contributed by atoms with E-state index >= 15 is 0 Å². The van der Waals surface area contributed by atoms with Crippen molar-refractivity contribution in [1.82, 2.24) is 9.97 Å². The minimum atomic E-state index is 0.180. The molecular formula is C15H13BrN2O2. The quantitative estimate of drug-likeness (QED) is 0.839. The molecule has 1 aliphatic heterocycles. The molecule has 1 saturated carbocycles. The predicted octanol–water partition coefficient (Wildman–Crippen LogP) is 3.76. The maximum atomic E-state index is 5.93. The van der Waals surface area contributed by atoms with Gasteiger partial charge in [-0.2, -0.15) is 0 Å². The molecule has 2 aromatic rings. The van der Waals surface area contributed by atoms with Crippen LogP contribution in [0.2, 0.25) is 0 Å². The monoisotopic (exact) mass is 332 g/mol. The van der Waals surface area contributed by atoms with Crippen molar-refractivity contribution in [1.29, 1.82) is 0 Å². The van der Waals surface area contributed by atoms with Gasteiger partial charge in [0, 0.05) is 11.0 Å². The summed E-state index contributed by atoms with van der Waals surface area (Å²) in [6.45, 7) is 2.85. The van der Waals surface area contributed by atoms with Crippen LogP contribution in [-0.2, 0) is 5.41 Å². The highest BCUT2D eigenvalue weighted by Gasteiger charge is 2.53. The summed E-state index contributed by atoms with van der Waals surface area (Å²) in [4.78, 5) is 8.35. The van der Waals surface area contributed by atoms with E-state index < -0.39 is 0 Å². The highest BCUT2D eigenvalue weighted by Crippen LogP contribution is 2.59. The lowest BCUT2D eigenvalue weighted by Crippen LogP contribution is -2.08. The molecule has 4 nitrogen and oxygen atoms in total. The first kappa shape index (κ1) is 12.1. The number of rotatable bonds is 2. The summed E-state index contributed by atoms with van der Waals surface area (Å²) >= 11 is 3.27. The van der Waals surface area contributed by atoms with Gasteiger partial charge in [-0.1, -0.05) is 6.07 Å². The molecule has 1 spiro atoms. The Morgan fingerprint density at radius 2 is 2.10 bits per heavy atom. The maximum Gasteiger partial charge on any atom is 0.237 e. The summed E-state index contributed by atoms with van der Waals surface area (Å²) in [7, 11) is 0. The van der Waals surface area contributed by atoms with E-state index in [1.165, 1.54) is 18.4 Å². The minimum absolute atomic E-state index is 0.180. The number of fused-ring (bicyclic) bond motifs is 2. The standard InChI is InChI=1S/C15H13BrN2O2/c1-9-2-3-10(20-12-7-17-11(16)6-18-12)13-14(9)19-8-15(13)4-5-15/h2-3,6-7H,4-5,8H2,1H3. The smallest absolute Gasteiger partial charge is 0.237 e. The molecule has 0 radical (unpaired) electrons. The summed E-state index contributed by atoms with van der Waals surface area (Å²) in [5.74, 6) is 2.34. The van der Waals surface area contributed by atoms with Crippen LogP contribution in [0.3, 0.4) is 0 Å². The lowest BCUT2D eigenvalue weighted by Gasteiger charge is -2.13. The van der Waals surface area contributed by atoms with Gasteiger partial charge in [-0.05, 0) is 47.3 Å². The summed E-state index contributed by atoms with van der Waals surface area (Å²) in [6.07, 6.45) is 5.59. The molecule has 1 aromatic carbocycles. The first-order valence-electron chi connectivity index (χ1n) is 6.60. The zero-order valence-electron chi connectivity index (χ0n) is 11.0. The van der Waals surface area contributed by atoms with E-state index in [1.807, 2.05) is 12.1 Å². The minimum Gasteiger partial charge on any atom is -0.492 e. The van der Waals surface area contributed by atoms with Gasteiger partial charge >= 0.3 is 0 Å². The third-order valence-electron chi connectivity index (χ3n) is 4.00. The number of aromatic nitrogens is 2. The van der Waals surface area contributed by atoms with Crippen molar-refractivity contribution < 1.29 is 9.47 Å². The Balaban J connectivity index is 1.76. The van der Waals surface area contributed by atoms with Crippen LogP contribution in [0.5, 0.6) is 17.4 Å². The van der Waals surface area contributed by atoms with Gasteiger partial charge in [0.25, 0.3) is 0 Å².